The van der Waals surface area contributed by atoms with Crippen molar-refractivity contribution in [3.8, 4) is 0 Å². The fourth-order valence-corrected chi connectivity index (χ4v) is 2.04. The number of rotatable bonds is 4. The molecule has 0 amide bonds. The maximum atomic E-state index is 10.6. The van der Waals surface area contributed by atoms with Crippen LogP contribution in [0.2, 0.25) is 0 Å². The minimum atomic E-state index is -0.817. The number of aliphatic carboxylic acids is 1. The third-order valence-corrected chi connectivity index (χ3v) is 3.09. The second-order valence-electron chi connectivity index (χ2n) is 3.92. The molecule has 6 heteroatoms. The number of nitrogens with zero attached hydrogens (tertiary/aromatic N) is 3. The third-order valence-electron chi connectivity index (χ3n) is 2.60. The van der Waals surface area contributed by atoms with Crippen LogP contribution in [-0.2, 0) is 4.79 Å². The largest absolute Gasteiger partial charge is 0.481 e. The third kappa shape index (κ3) is 2.76. The molecule has 0 saturated heterocycles. The second-order valence-corrected chi connectivity index (χ2v) is 4.84. The molecule has 0 radical (unpaired) electrons. The highest BCUT2D eigenvalue weighted by Crippen LogP contribution is 2.24. The van der Waals surface area contributed by atoms with Crippen LogP contribution in [0.3, 0.4) is 0 Å². The van der Waals surface area contributed by atoms with Crippen LogP contribution < -0.4 is 4.90 Å². The fraction of sp³-hybridized carbons (Fsp3) is 0.250. The van der Waals surface area contributed by atoms with Crippen molar-refractivity contribution in [3.05, 3.63) is 29.0 Å². The molecule has 0 bridgehead atoms. The van der Waals surface area contributed by atoms with Crippen LogP contribution in [0.1, 0.15) is 6.42 Å². The molecule has 2 aromatic rings. The van der Waals surface area contributed by atoms with Gasteiger partial charge in [-0.3, -0.25) is 4.79 Å². The summed E-state index contributed by atoms with van der Waals surface area (Å²) in [6, 6.07) is 5.75. The Morgan fingerprint density at radius 1 is 1.44 bits per heavy atom. The van der Waals surface area contributed by atoms with E-state index in [1.807, 2.05) is 30.1 Å². The van der Waals surface area contributed by atoms with Crippen LogP contribution >= 0.6 is 15.9 Å². The number of carboxylic acid groups (broad SMARTS) is 1. The highest BCUT2D eigenvalue weighted by atomic mass is 79.9. The van der Waals surface area contributed by atoms with Crippen molar-refractivity contribution >= 4 is 38.6 Å². The van der Waals surface area contributed by atoms with E-state index in [0.717, 1.165) is 21.2 Å². The summed E-state index contributed by atoms with van der Waals surface area (Å²) in [4.78, 5) is 20.8. The van der Waals surface area contributed by atoms with Crippen LogP contribution in [0.4, 0.5) is 5.82 Å². The van der Waals surface area contributed by atoms with E-state index in [-0.39, 0.29) is 6.42 Å². The normalized spacial score (nSPS) is 10.6. The van der Waals surface area contributed by atoms with Gasteiger partial charge in [0.1, 0.15) is 12.1 Å². The first-order valence-electron chi connectivity index (χ1n) is 5.41. The Bertz CT molecular complexity index is 589. The maximum Gasteiger partial charge on any atom is 0.305 e. The molecule has 0 spiro atoms. The quantitative estimate of drug-likeness (QED) is 0.938. The van der Waals surface area contributed by atoms with Crippen molar-refractivity contribution in [1.82, 2.24) is 9.97 Å². The van der Waals surface area contributed by atoms with Gasteiger partial charge in [0, 0.05) is 23.5 Å². The van der Waals surface area contributed by atoms with Crippen molar-refractivity contribution in [3.63, 3.8) is 0 Å². The van der Waals surface area contributed by atoms with E-state index in [1.54, 1.807) is 0 Å². The van der Waals surface area contributed by atoms with Gasteiger partial charge in [0.25, 0.3) is 0 Å². The minimum absolute atomic E-state index is 0.0819. The predicted octanol–water partition coefficient (Wildman–Crippen LogP) is 2.30. The first-order chi connectivity index (χ1) is 8.58. The van der Waals surface area contributed by atoms with Gasteiger partial charge in [-0.05, 0) is 18.2 Å². The summed E-state index contributed by atoms with van der Waals surface area (Å²) in [5, 5.41) is 9.60. The number of carbonyl (C=O) groups is 1. The van der Waals surface area contributed by atoms with Crippen LogP contribution in [0.15, 0.2) is 29.0 Å². The zero-order valence-electron chi connectivity index (χ0n) is 9.80. The van der Waals surface area contributed by atoms with Crippen molar-refractivity contribution < 1.29 is 9.90 Å². The van der Waals surface area contributed by atoms with Gasteiger partial charge in [0.2, 0.25) is 0 Å². The van der Waals surface area contributed by atoms with Gasteiger partial charge in [-0.25, -0.2) is 9.97 Å². The highest BCUT2D eigenvalue weighted by Gasteiger charge is 2.10. The molecule has 0 aliphatic heterocycles. The number of halogens is 1. The van der Waals surface area contributed by atoms with Crippen molar-refractivity contribution in [1.29, 1.82) is 0 Å². The first-order valence-corrected chi connectivity index (χ1v) is 6.20. The summed E-state index contributed by atoms with van der Waals surface area (Å²) in [6.45, 7) is 0.414. The predicted molar refractivity (Wildman–Crippen MR) is 72.8 cm³/mol. The molecule has 94 valence electrons. The second kappa shape index (κ2) is 5.30. The molecule has 0 atom stereocenters. The molecule has 18 heavy (non-hydrogen) atoms. The van der Waals surface area contributed by atoms with Gasteiger partial charge < -0.3 is 10.0 Å². The average Bonchev–Trinajstić information content (AvgIpc) is 2.34. The summed E-state index contributed by atoms with van der Waals surface area (Å²) in [7, 11) is 1.83. The minimum Gasteiger partial charge on any atom is -0.481 e. The lowest BCUT2D eigenvalue weighted by Crippen LogP contribution is -2.22. The van der Waals surface area contributed by atoms with Gasteiger partial charge >= 0.3 is 5.97 Å². The summed E-state index contributed by atoms with van der Waals surface area (Å²) in [5.74, 6) is -0.0725. The van der Waals surface area contributed by atoms with Crippen LogP contribution in [-0.4, -0.2) is 34.6 Å². The summed E-state index contributed by atoms with van der Waals surface area (Å²) < 4.78 is 0.952. The number of hydrogen-bond donors (Lipinski definition) is 1. The lowest BCUT2D eigenvalue weighted by Gasteiger charge is -2.18. The molecule has 0 unspecified atom stereocenters. The standard InChI is InChI=1S/C12H12BrN3O2/c1-16(5-4-11(17)18)12-9-3-2-8(13)6-10(9)14-7-15-12/h2-3,6-7H,4-5H2,1H3,(H,17,18). The lowest BCUT2D eigenvalue weighted by molar-refractivity contribution is -0.136. The van der Waals surface area contributed by atoms with Crippen LogP contribution in [0.5, 0.6) is 0 Å². The molecule has 1 aromatic heterocycles. The molecule has 1 aromatic carbocycles. The smallest absolute Gasteiger partial charge is 0.305 e. The van der Waals surface area contributed by atoms with E-state index in [9.17, 15) is 4.79 Å². The van der Waals surface area contributed by atoms with Crippen molar-refractivity contribution in [2.24, 2.45) is 0 Å². The molecule has 0 fully saturated rings. The summed E-state index contributed by atoms with van der Waals surface area (Å²) in [5.41, 5.74) is 0.830. The van der Waals surface area contributed by atoms with Crippen molar-refractivity contribution in [2.75, 3.05) is 18.5 Å². The van der Waals surface area contributed by atoms with E-state index in [1.165, 1.54) is 6.33 Å². The number of aromatic nitrogens is 2. The molecule has 0 saturated carbocycles. The Balaban J connectivity index is 2.35. The Morgan fingerprint density at radius 3 is 2.94 bits per heavy atom. The summed E-state index contributed by atoms with van der Waals surface area (Å²) >= 11 is 3.39. The van der Waals surface area contributed by atoms with Gasteiger partial charge in [-0.2, -0.15) is 0 Å². The topological polar surface area (TPSA) is 66.3 Å². The Morgan fingerprint density at radius 2 is 2.22 bits per heavy atom. The fourth-order valence-electron chi connectivity index (χ4n) is 1.69. The molecular formula is C12H12BrN3O2. The van der Waals surface area contributed by atoms with Gasteiger partial charge in [-0.1, -0.05) is 15.9 Å². The molecule has 1 heterocycles. The average molecular weight is 310 g/mol. The van der Waals surface area contributed by atoms with E-state index >= 15 is 0 Å². The monoisotopic (exact) mass is 309 g/mol. The van der Waals surface area contributed by atoms with Crippen LogP contribution in [0.25, 0.3) is 10.9 Å². The number of carboxylic acids is 1. The molecule has 2 rings (SSSR count). The zero-order chi connectivity index (χ0) is 13.1. The number of anilines is 1. The summed E-state index contributed by atoms with van der Waals surface area (Å²) in [6.07, 6.45) is 1.57. The van der Waals surface area contributed by atoms with E-state index in [4.69, 9.17) is 5.11 Å². The SMILES string of the molecule is CN(CCC(=O)O)c1ncnc2cc(Br)ccc12. The molecule has 0 aliphatic rings. The van der Waals surface area contributed by atoms with E-state index in [2.05, 4.69) is 25.9 Å². The number of benzene rings is 1. The Hall–Kier alpha value is -1.69. The maximum absolute atomic E-state index is 10.6. The van der Waals surface area contributed by atoms with E-state index < -0.39 is 5.97 Å². The van der Waals surface area contributed by atoms with Gasteiger partial charge in [0.05, 0.1) is 11.9 Å². The van der Waals surface area contributed by atoms with Crippen LogP contribution in [0, 0.1) is 0 Å². The number of fused-ring (bicyclic) bond motifs is 1. The molecular weight excluding hydrogens is 298 g/mol. The highest BCUT2D eigenvalue weighted by molar-refractivity contribution is 9.10. The lowest BCUT2D eigenvalue weighted by atomic mass is 10.2. The first kappa shape index (κ1) is 12.8. The molecule has 0 aliphatic carbocycles. The van der Waals surface area contributed by atoms with Crippen molar-refractivity contribution in [2.45, 2.75) is 6.42 Å². The Labute approximate surface area is 113 Å². The zero-order valence-corrected chi connectivity index (χ0v) is 11.4. The number of hydrogen-bond acceptors (Lipinski definition) is 4. The molecule has 1 N–H and O–H groups in total. The van der Waals surface area contributed by atoms with Gasteiger partial charge in [0.15, 0.2) is 0 Å². The van der Waals surface area contributed by atoms with Gasteiger partial charge in [-0.15, -0.1) is 0 Å². The Kier molecular flexibility index (Phi) is 3.76. The van der Waals surface area contributed by atoms with E-state index in [0.29, 0.717) is 6.54 Å². The molecule has 5 nitrogen and oxygen atoms in total.